The minimum absolute atomic E-state index is 0.402. The van der Waals surface area contributed by atoms with E-state index in [0.717, 1.165) is 51.4 Å². The Balaban J connectivity index is 1.92. The number of anilines is 1. The molecule has 0 fully saturated rings. The first-order chi connectivity index (χ1) is 10.2. The standard InChI is InChI=1S/C17H26N2O2/c1-13-12-21-17-11-15-5-7-18(2)6-4-14(15)10-16(17)19(13)8-9-20-3/h10-11,13H,4-9,12H2,1-3H3/t13-/m0/s1. The topological polar surface area (TPSA) is 24.9 Å². The summed E-state index contributed by atoms with van der Waals surface area (Å²) in [7, 11) is 3.97. The van der Waals surface area contributed by atoms with Crippen molar-refractivity contribution in [3.05, 3.63) is 23.3 Å². The predicted molar refractivity (Wildman–Crippen MR) is 85.5 cm³/mol. The van der Waals surface area contributed by atoms with Crippen LogP contribution in [0.4, 0.5) is 5.69 Å². The van der Waals surface area contributed by atoms with Crippen molar-refractivity contribution in [1.29, 1.82) is 0 Å². The molecule has 0 saturated carbocycles. The van der Waals surface area contributed by atoms with Crippen LogP contribution in [0.15, 0.2) is 12.1 Å². The van der Waals surface area contributed by atoms with E-state index in [1.54, 1.807) is 7.11 Å². The average molecular weight is 290 g/mol. The maximum Gasteiger partial charge on any atom is 0.143 e. The summed E-state index contributed by atoms with van der Waals surface area (Å²) < 4.78 is 11.2. The van der Waals surface area contributed by atoms with Gasteiger partial charge in [0.05, 0.1) is 18.3 Å². The van der Waals surface area contributed by atoms with E-state index in [0.29, 0.717) is 6.04 Å². The molecule has 1 atom stereocenters. The highest BCUT2D eigenvalue weighted by Gasteiger charge is 2.26. The molecule has 0 radical (unpaired) electrons. The fourth-order valence-electron chi connectivity index (χ4n) is 3.26. The van der Waals surface area contributed by atoms with Crippen LogP contribution in [0.3, 0.4) is 0 Å². The van der Waals surface area contributed by atoms with Gasteiger partial charge in [0.15, 0.2) is 0 Å². The van der Waals surface area contributed by atoms with Crippen LogP contribution in [-0.2, 0) is 17.6 Å². The molecule has 4 heteroatoms. The number of likely N-dealkylation sites (N-methyl/N-ethyl adjacent to an activating group) is 1. The summed E-state index contributed by atoms with van der Waals surface area (Å²) in [4.78, 5) is 4.84. The van der Waals surface area contributed by atoms with Crippen LogP contribution in [0.1, 0.15) is 18.1 Å². The Labute approximate surface area is 127 Å². The van der Waals surface area contributed by atoms with Crippen molar-refractivity contribution in [2.24, 2.45) is 0 Å². The van der Waals surface area contributed by atoms with E-state index in [-0.39, 0.29) is 0 Å². The zero-order valence-corrected chi connectivity index (χ0v) is 13.4. The van der Waals surface area contributed by atoms with E-state index in [2.05, 4.69) is 35.9 Å². The number of rotatable bonds is 3. The molecule has 1 aromatic rings. The molecular formula is C17H26N2O2. The lowest BCUT2D eigenvalue weighted by Gasteiger charge is -2.37. The van der Waals surface area contributed by atoms with Crippen molar-refractivity contribution in [3.63, 3.8) is 0 Å². The van der Waals surface area contributed by atoms with Crippen LogP contribution in [-0.4, -0.2) is 57.9 Å². The van der Waals surface area contributed by atoms with E-state index >= 15 is 0 Å². The Hall–Kier alpha value is -1.26. The molecule has 0 aromatic heterocycles. The van der Waals surface area contributed by atoms with Gasteiger partial charge in [-0.2, -0.15) is 0 Å². The van der Waals surface area contributed by atoms with E-state index in [1.165, 1.54) is 16.8 Å². The van der Waals surface area contributed by atoms with Crippen LogP contribution in [0, 0.1) is 0 Å². The maximum atomic E-state index is 5.98. The molecule has 4 nitrogen and oxygen atoms in total. The van der Waals surface area contributed by atoms with Gasteiger partial charge >= 0.3 is 0 Å². The van der Waals surface area contributed by atoms with Gasteiger partial charge in [0.2, 0.25) is 0 Å². The number of hydrogen-bond acceptors (Lipinski definition) is 4. The number of fused-ring (bicyclic) bond motifs is 2. The predicted octanol–water partition coefficient (Wildman–Crippen LogP) is 1.95. The highest BCUT2D eigenvalue weighted by Crippen LogP contribution is 2.37. The molecule has 0 unspecified atom stereocenters. The van der Waals surface area contributed by atoms with Crippen molar-refractivity contribution >= 4 is 5.69 Å². The molecule has 2 heterocycles. The van der Waals surface area contributed by atoms with Crippen molar-refractivity contribution in [1.82, 2.24) is 4.90 Å². The van der Waals surface area contributed by atoms with Crippen molar-refractivity contribution in [2.75, 3.05) is 51.9 Å². The van der Waals surface area contributed by atoms with Gasteiger partial charge < -0.3 is 19.3 Å². The van der Waals surface area contributed by atoms with Crippen LogP contribution in [0.25, 0.3) is 0 Å². The summed E-state index contributed by atoms with van der Waals surface area (Å²) in [6, 6.07) is 5.03. The van der Waals surface area contributed by atoms with E-state index < -0.39 is 0 Å². The molecule has 2 aliphatic heterocycles. The lowest BCUT2D eigenvalue weighted by molar-refractivity contribution is 0.195. The van der Waals surface area contributed by atoms with Crippen LogP contribution >= 0.6 is 0 Å². The molecular weight excluding hydrogens is 264 g/mol. The lowest BCUT2D eigenvalue weighted by atomic mass is 9.99. The SMILES string of the molecule is COCCN1c2cc3c(cc2OC[C@@H]1C)CCN(C)CC3. The van der Waals surface area contributed by atoms with Crippen LogP contribution in [0.2, 0.25) is 0 Å². The normalized spacial score (nSPS) is 22.2. The zero-order valence-electron chi connectivity index (χ0n) is 13.4. The summed E-state index contributed by atoms with van der Waals surface area (Å²) in [5.41, 5.74) is 4.19. The molecule has 0 amide bonds. The zero-order chi connectivity index (χ0) is 14.8. The molecule has 0 N–H and O–H groups in total. The molecule has 0 bridgehead atoms. The Morgan fingerprint density at radius 1 is 1.24 bits per heavy atom. The first kappa shape index (κ1) is 14.7. The monoisotopic (exact) mass is 290 g/mol. The van der Waals surface area contributed by atoms with Gasteiger partial charge in [0.1, 0.15) is 12.4 Å². The smallest absolute Gasteiger partial charge is 0.143 e. The van der Waals surface area contributed by atoms with Gasteiger partial charge in [-0.25, -0.2) is 0 Å². The third-order valence-electron chi connectivity index (χ3n) is 4.66. The van der Waals surface area contributed by atoms with E-state index in [4.69, 9.17) is 9.47 Å². The van der Waals surface area contributed by atoms with E-state index in [1.807, 2.05) is 0 Å². The highest BCUT2D eigenvalue weighted by molar-refractivity contribution is 5.64. The van der Waals surface area contributed by atoms with Crippen molar-refractivity contribution in [3.8, 4) is 5.75 Å². The quantitative estimate of drug-likeness (QED) is 0.849. The molecule has 0 spiro atoms. The van der Waals surface area contributed by atoms with Gasteiger partial charge in [-0.05, 0) is 50.1 Å². The molecule has 2 aliphatic rings. The molecule has 21 heavy (non-hydrogen) atoms. The molecule has 3 rings (SSSR count). The fraction of sp³-hybridized carbons (Fsp3) is 0.647. The van der Waals surface area contributed by atoms with Crippen LogP contribution < -0.4 is 9.64 Å². The van der Waals surface area contributed by atoms with Gasteiger partial charge in [0, 0.05) is 26.7 Å². The van der Waals surface area contributed by atoms with Gasteiger partial charge in [-0.3, -0.25) is 0 Å². The average Bonchev–Trinajstić information content (AvgIpc) is 2.67. The Bertz CT molecular complexity index is 504. The summed E-state index contributed by atoms with van der Waals surface area (Å²) >= 11 is 0. The summed E-state index contributed by atoms with van der Waals surface area (Å²) in [5.74, 6) is 1.05. The lowest BCUT2D eigenvalue weighted by Crippen LogP contribution is -2.43. The number of nitrogens with zero attached hydrogens (tertiary/aromatic N) is 2. The molecule has 1 aromatic carbocycles. The largest absolute Gasteiger partial charge is 0.489 e. The summed E-state index contributed by atoms with van der Waals surface area (Å²) in [6.07, 6.45) is 2.25. The molecule has 116 valence electrons. The van der Waals surface area contributed by atoms with Crippen molar-refractivity contribution in [2.45, 2.75) is 25.8 Å². The number of hydrogen-bond donors (Lipinski definition) is 0. The number of benzene rings is 1. The minimum atomic E-state index is 0.402. The highest BCUT2D eigenvalue weighted by atomic mass is 16.5. The number of methoxy groups -OCH3 is 1. The minimum Gasteiger partial charge on any atom is -0.489 e. The van der Waals surface area contributed by atoms with Crippen LogP contribution in [0.5, 0.6) is 5.75 Å². The Morgan fingerprint density at radius 3 is 2.67 bits per heavy atom. The first-order valence-corrected chi connectivity index (χ1v) is 7.91. The Kier molecular flexibility index (Phi) is 4.36. The third kappa shape index (κ3) is 3.01. The first-order valence-electron chi connectivity index (χ1n) is 7.91. The number of ether oxygens (including phenoxy) is 2. The van der Waals surface area contributed by atoms with E-state index in [9.17, 15) is 0 Å². The van der Waals surface area contributed by atoms with Crippen molar-refractivity contribution < 1.29 is 9.47 Å². The Morgan fingerprint density at radius 2 is 1.95 bits per heavy atom. The second-order valence-corrected chi connectivity index (χ2v) is 6.24. The molecule has 0 aliphatic carbocycles. The summed E-state index contributed by atoms with van der Waals surface area (Å²) in [6.45, 7) is 6.93. The van der Waals surface area contributed by atoms with Gasteiger partial charge in [-0.1, -0.05) is 0 Å². The van der Waals surface area contributed by atoms with Gasteiger partial charge in [0.25, 0.3) is 0 Å². The summed E-state index contributed by atoms with van der Waals surface area (Å²) in [5, 5.41) is 0. The molecule has 0 saturated heterocycles. The second kappa shape index (κ2) is 6.24. The maximum absolute atomic E-state index is 5.98. The van der Waals surface area contributed by atoms with Gasteiger partial charge in [-0.15, -0.1) is 0 Å². The second-order valence-electron chi connectivity index (χ2n) is 6.24. The third-order valence-corrected chi connectivity index (χ3v) is 4.66. The fourth-order valence-corrected chi connectivity index (χ4v) is 3.26.